The first kappa shape index (κ1) is 24.2. The number of carbonyl (C=O) groups is 2. The summed E-state index contributed by atoms with van der Waals surface area (Å²) >= 11 is 0. The maximum atomic E-state index is 13.0. The Bertz CT molecular complexity index is 1030. The topological polar surface area (TPSA) is 65.2 Å². The number of carbonyl (C=O) groups excluding carboxylic acids is 2. The number of likely N-dealkylation sites (tertiary alicyclic amines) is 2. The lowest BCUT2D eigenvalue weighted by Crippen LogP contribution is -2.38. The average Bonchev–Trinajstić information content (AvgIpc) is 3.80. The van der Waals surface area contributed by atoms with E-state index in [1.54, 1.807) is 0 Å². The summed E-state index contributed by atoms with van der Waals surface area (Å²) in [6.45, 7) is 8.80. The predicted octanol–water partition coefficient (Wildman–Crippen LogP) is 3.97. The number of unbranched alkanes of at least 4 members (excludes halogenated alkanes) is 2. The third-order valence-corrected chi connectivity index (χ3v) is 9.05. The molecule has 0 aromatic rings. The summed E-state index contributed by atoms with van der Waals surface area (Å²) in [4.78, 5) is 29.7. The largest absolute Gasteiger partial charge is 0.349 e. The first-order chi connectivity index (χ1) is 17.4. The van der Waals surface area contributed by atoms with Gasteiger partial charge in [-0.1, -0.05) is 50.6 Å². The van der Waals surface area contributed by atoms with Crippen LogP contribution in [-0.4, -0.2) is 66.2 Å². The van der Waals surface area contributed by atoms with Crippen LogP contribution in [0.15, 0.2) is 47.1 Å². The quantitative estimate of drug-likeness (QED) is 0.392. The highest BCUT2D eigenvalue weighted by molar-refractivity contribution is 6.04. The van der Waals surface area contributed by atoms with Crippen LogP contribution in [0.1, 0.15) is 58.8 Å². The fraction of sp³-hybridized carbons (Fsp3) is 0.667. The second kappa shape index (κ2) is 9.60. The zero-order valence-electron chi connectivity index (χ0n) is 21.9. The van der Waals surface area contributed by atoms with Crippen LogP contribution in [-0.2, 0) is 14.3 Å². The highest BCUT2D eigenvalue weighted by Crippen LogP contribution is 2.56. The van der Waals surface area contributed by atoms with E-state index < -0.39 is 5.72 Å². The Hall–Kier alpha value is -2.18. The van der Waals surface area contributed by atoms with Gasteiger partial charge in [-0.3, -0.25) is 9.59 Å². The van der Waals surface area contributed by atoms with Crippen molar-refractivity contribution in [2.45, 2.75) is 70.6 Å². The molecular formula is C30H41N3O3. The molecule has 0 aromatic carbocycles. The molecule has 3 aliphatic heterocycles. The lowest BCUT2D eigenvalue weighted by Gasteiger charge is -2.34. The molecule has 4 unspecified atom stereocenters. The molecule has 0 aromatic heterocycles. The molecule has 3 heterocycles. The third-order valence-electron chi connectivity index (χ3n) is 9.05. The minimum absolute atomic E-state index is 0.0273. The molecule has 6 rings (SSSR count). The molecule has 1 saturated carbocycles. The van der Waals surface area contributed by atoms with Crippen LogP contribution in [0.5, 0.6) is 0 Å². The predicted molar refractivity (Wildman–Crippen MR) is 140 cm³/mol. The SMILES string of the molecule is CC(C)C(=O)NC1C=C(C2CCN(CCCCCN3C(=O)C4=CC5CC5C=C4C34CO4)CC2)C=CC1. The van der Waals surface area contributed by atoms with Crippen molar-refractivity contribution in [3.8, 4) is 0 Å². The number of nitrogens with one attached hydrogen (secondary N) is 1. The number of hydrogen-bond donors (Lipinski definition) is 1. The lowest BCUT2D eigenvalue weighted by atomic mass is 9.85. The van der Waals surface area contributed by atoms with Gasteiger partial charge in [0.25, 0.3) is 5.91 Å². The molecule has 1 N–H and O–H groups in total. The molecular weight excluding hydrogens is 450 g/mol. The van der Waals surface area contributed by atoms with Crippen molar-refractivity contribution in [1.82, 2.24) is 15.1 Å². The summed E-state index contributed by atoms with van der Waals surface area (Å²) in [6, 6.07) is 0.141. The van der Waals surface area contributed by atoms with Crippen molar-refractivity contribution in [2.75, 3.05) is 32.8 Å². The van der Waals surface area contributed by atoms with Crippen LogP contribution >= 0.6 is 0 Å². The smallest absolute Gasteiger partial charge is 0.256 e. The van der Waals surface area contributed by atoms with Crippen molar-refractivity contribution in [2.24, 2.45) is 23.7 Å². The van der Waals surface area contributed by atoms with Gasteiger partial charge >= 0.3 is 0 Å². The maximum Gasteiger partial charge on any atom is 0.256 e. The number of hydrogen-bond acceptors (Lipinski definition) is 4. The summed E-state index contributed by atoms with van der Waals surface area (Å²) in [6.07, 6.45) is 19.2. The molecule has 2 amide bonds. The summed E-state index contributed by atoms with van der Waals surface area (Å²) in [5, 5.41) is 3.17. The van der Waals surface area contributed by atoms with E-state index in [1.165, 1.54) is 36.8 Å². The second-order valence-corrected chi connectivity index (χ2v) is 12.0. The van der Waals surface area contributed by atoms with E-state index in [1.807, 2.05) is 18.7 Å². The highest BCUT2D eigenvalue weighted by Gasteiger charge is 2.63. The van der Waals surface area contributed by atoms with E-state index >= 15 is 0 Å². The lowest BCUT2D eigenvalue weighted by molar-refractivity contribution is -0.128. The van der Waals surface area contributed by atoms with Crippen molar-refractivity contribution >= 4 is 11.8 Å². The molecule has 4 atom stereocenters. The minimum Gasteiger partial charge on any atom is -0.349 e. The van der Waals surface area contributed by atoms with Crippen molar-refractivity contribution in [3.05, 3.63) is 47.1 Å². The van der Waals surface area contributed by atoms with Crippen LogP contribution in [0, 0.1) is 23.7 Å². The van der Waals surface area contributed by atoms with Crippen LogP contribution in [0.2, 0.25) is 0 Å². The van der Waals surface area contributed by atoms with Crippen LogP contribution in [0.25, 0.3) is 0 Å². The molecule has 4 fully saturated rings. The Kier molecular flexibility index (Phi) is 6.45. The molecule has 36 heavy (non-hydrogen) atoms. The van der Waals surface area contributed by atoms with Gasteiger partial charge in [-0.2, -0.15) is 0 Å². The van der Waals surface area contributed by atoms with Crippen molar-refractivity contribution in [3.63, 3.8) is 0 Å². The molecule has 6 heteroatoms. The number of rotatable bonds is 9. The molecule has 0 bridgehead atoms. The van der Waals surface area contributed by atoms with E-state index in [-0.39, 0.29) is 23.8 Å². The fourth-order valence-corrected chi connectivity index (χ4v) is 6.57. The molecule has 6 nitrogen and oxygen atoms in total. The van der Waals surface area contributed by atoms with Gasteiger partial charge in [0, 0.05) is 23.6 Å². The van der Waals surface area contributed by atoms with Crippen LogP contribution < -0.4 is 5.32 Å². The normalized spacial score (nSPS) is 33.3. The number of allylic oxidation sites excluding steroid dienone is 4. The number of epoxide rings is 1. The van der Waals surface area contributed by atoms with E-state index in [0.717, 1.165) is 51.0 Å². The minimum atomic E-state index is -0.406. The van der Waals surface area contributed by atoms with Gasteiger partial charge in [-0.15, -0.1) is 0 Å². The molecule has 3 saturated heterocycles. The first-order valence-electron chi connectivity index (χ1n) is 14.3. The third kappa shape index (κ3) is 4.63. The van der Waals surface area contributed by atoms with Crippen molar-refractivity contribution in [1.29, 1.82) is 0 Å². The summed E-state index contributed by atoms with van der Waals surface area (Å²) in [5.74, 6) is 2.22. The van der Waals surface area contributed by atoms with Crippen LogP contribution in [0.4, 0.5) is 0 Å². The number of fused-ring (bicyclic) bond motifs is 3. The van der Waals surface area contributed by atoms with Crippen LogP contribution in [0.3, 0.4) is 0 Å². The Morgan fingerprint density at radius 3 is 2.61 bits per heavy atom. The van der Waals surface area contributed by atoms with Gasteiger partial charge in [0.05, 0.1) is 6.04 Å². The molecule has 3 aliphatic carbocycles. The monoisotopic (exact) mass is 491 g/mol. The Labute approximate surface area is 215 Å². The standard InChI is InChI=1S/C30H41N3O3/c1-20(2)28(34)31-25-8-6-7-22(16-25)21-9-13-32(14-10-21)11-4-3-5-12-33-29(35)26-17-23-15-24(23)18-27(26)30(33)19-36-30/h6-7,16-18,20-21,23-25H,3-5,8-15,19H2,1-2H3,(H,31,34). The number of piperidine rings is 1. The number of nitrogens with zero attached hydrogens (tertiary/aromatic N) is 2. The molecule has 1 spiro atoms. The van der Waals surface area contributed by atoms with Gasteiger partial charge in [-0.25, -0.2) is 0 Å². The van der Waals surface area contributed by atoms with E-state index in [9.17, 15) is 9.59 Å². The zero-order chi connectivity index (χ0) is 24.9. The van der Waals surface area contributed by atoms with Gasteiger partial charge in [0.15, 0.2) is 5.72 Å². The maximum absolute atomic E-state index is 13.0. The summed E-state index contributed by atoms with van der Waals surface area (Å²) in [7, 11) is 0. The number of amides is 2. The Morgan fingerprint density at radius 2 is 1.86 bits per heavy atom. The fourth-order valence-electron chi connectivity index (χ4n) is 6.57. The molecule has 6 aliphatic rings. The zero-order valence-corrected chi connectivity index (χ0v) is 21.9. The molecule has 194 valence electrons. The first-order valence-corrected chi connectivity index (χ1v) is 14.3. The van der Waals surface area contributed by atoms with Gasteiger partial charge in [0.1, 0.15) is 6.61 Å². The van der Waals surface area contributed by atoms with Gasteiger partial charge in [0.2, 0.25) is 5.91 Å². The van der Waals surface area contributed by atoms with Gasteiger partial charge < -0.3 is 19.9 Å². The number of ether oxygens (including phenoxy) is 1. The van der Waals surface area contributed by atoms with E-state index in [2.05, 4.69) is 40.6 Å². The summed E-state index contributed by atoms with van der Waals surface area (Å²) in [5.41, 5.74) is 3.11. The average molecular weight is 492 g/mol. The van der Waals surface area contributed by atoms with Crippen molar-refractivity contribution < 1.29 is 14.3 Å². The summed E-state index contributed by atoms with van der Waals surface area (Å²) < 4.78 is 5.88. The van der Waals surface area contributed by atoms with E-state index in [0.29, 0.717) is 24.4 Å². The molecule has 0 radical (unpaired) electrons. The second-order valence-electron chi connectivity index (χ2n) is 12.0. The van der Waals surface area contributed by atoms with Gasteiger partial charge in [-0.05, 0) is 81.5 Å². The highest BCUT2D eigenvalue weighted by atomic mass is 16.6. The van der Waals surface area contributed by atoms with E-state index in [4.69, 9.17) is 4.74 Å². The Balaban J connectivity index is 0.912. The Morgan fingerprint density at radius 1 is 1.11 bits per heavy atom.